The van der Waals surface area contributed by atoms with E-state index < -0.39 is 6.29 Å². The van der Waals surface area contributed by atoms with Crippen molar-refractivity contribution in [3.8, 4) is 11.1 Å². The highest BCUT2D eigenvalue weighted by Gasteiger charge is 2.34. The highest BCUT2D eigenvalue weighted by atomic mass is 16.7. The van der Waals surface area contributed by atoms with Crippen LogP contribution in [-0.2, 0) is 32.2 Å². The lowest BCUT2D eigenvalue weighted by Gasteiger charge is -2.40. The summed E-state index contributed by atoms with van der Waals surface area (Å²) in [4.78, 5) is 37.1. The maximum atomic E-state index is 12.6. The summed E-state index contributed by atoms with van der Waals surface area (Å²) in [6.45, 7) is 6.91. The average Bonchev–Trinajstić information content (AvgIpc) is 3.19. The van der Waals surface area contributed by atoms with E-state index >= 15 is 0 Å². The second-order valence-corrected chi connectivity index (χ2v) is 13.5. The Labute approximate surface area is 306 Å². The molecule has 2 saturated heterocycles. The number of amides is 2. The van der Waals surface area contributed by atoms with Crippen molar-refractivity contribution in [2.75, 3.05) is 44.2 Å². The van der Waals surface area contributed by atoms with Crippen LogP contribution in [0, 0.1) is 0 Å². The number of aliphatic hydroxyl groups is 1. The largest absolute Gasteiger partial charge is 0.392 e. The molecule has 52 heavy (non-hydrogen) atoms. The first-order valence-electron chi connectivity index (χ1n) is 18.4. The molecule has 0 saturated carbocycles. The highest BCUT2D eigenvalue weighted by Crippen LogP contribution is 2.39. The topological polar surface area (TPSA) is 129 Å². The molecule has 0 radical (unpaired) electrons. The Hall–Kier alpha value is -4.68. The molecule has 0 spiro atoms. The van der Waals surface area contributed by atoms with E-state index in [0.29, 0.717) is 19.5 Å². The van der Waals surface area contributed by atoms with Crippen LogP contribution < -0.4 is 15.5 Å². The van der Waals surface area contributed by atoms with Crippen molar-refractivity contribution in [2.45, 2.75) is 70.7 Å². The van der Waals surface area contributed by atoms with Crippen molar-refractivity contribution < 1.29 is 24.2 Å². The minimum absolute atomic E-state index is 0.00410. The third-order valence-corrected chi connectivity index (χ3v) is 9.73. The number of aliphatic hydroxyl groups excluding tert-OH is 1. The number of piperazine rings is 1. The van der Waals surface area contributed by atoms with Crippen molar-refractivity contribution in [1.82, 2.24) is 25.5 Å². The van der Waals surface area contributed by atoms with Gasteiger partial charge in [-0.05, 0) is 46.7 Å². The van der Waals surface area contributed by atoms with Gasteiger partial charge in [0.25, 0.3) is 0 Å². The van der Waals surface area contributed by atoms with Gasteiger partial charge in [0.15, 0.2) is 6.29 Å². The number of carbonyl (C=O) groups excluding carboxylic acids is 2. The molecule has 0 unspecified atom stereocenters. The Morgan fingerprint density at radius 1 is 0.827 bits per heavy atom. The van der Waals surface area contributed by atoms with E-state index in [1.807, 2.05) is 48.5 Å². The second kappa shape index (κ2) is 18.7. The average molecular weight is 707 g/mol. The quantitative estimate of drug-likeness (QED) is 0.141. The summed E-state index contributed by atoms with van der Waals surface area (Å²) in [5.41, 5.74) is 6.05. The first kappa shape index (κ1) is 37.1. The number of nitrogens with zero attached hydrogens (tertiary/aromatic N) is 4. The van der Waals surface area contributed by atoms with Crippen LogP contribution in [0.5, 0.6) is 0 Å². The highest BCUT2D eigenvalue weighted by molar-refractivity contribution is 5.76. The van der Waals surface area contributed by atoms with Gasteiger partial charge in [-0.25, -0.2) is 9.97 Å². The molecule has 2 fully saturated rings. The van der Waals surface area contributed by atoms with Crippen molar-refractivity contribution >= 4 is 17.8 Å². The zero-order chi connectivity index (χ0) is 36.1. The molecule has 3 heterocycles. The number of hydrogen-bond acceptors (Lipinski definition) is 9. The summed E-state index contributed by atoms with van der Waals surface area (Å²) in [6, 6.07) is 26.3. The van der Waals surface area contributed by atoms with Gasteiger partial charge in [-0.3, -0.25) is 14.5 Å². The molecule has 4 aromatic rings. The van der Waals surface area contributed by atoms with Crippen LogP contribution in [-0.4, -0.2) is 77.2 Å². The number of anilines is 1. The van der Waals surface area contributed by atoms with Gasteiger partial charge in [0.05, 0.1) is 18.8 Å². The van der Waals surface area contributed by atoms with Crippen molar-refractivity contribution in [3.05, 3.63) is 114 Å². The molecule has 0 bridgehead atoms. The Morgan fingerprint density at radius 3 is 2.29 bits per heavy atom. The number of nitrogens with one attached hydrogen (secondary N) is 2. The smallest absolute Gasteiger partial charge is 0.225 e. The van der Waals surface area contributed by atoms with Crippen LogP contribution in [0.1, 0.15) is 73.7 Å². The number of carbonyl (C=O) groups is 2. The van der Waals surface area contributed by atoms with Gasteiger partial charge in [-0.1, -0.05) is 79.2 Å². The molecule has 2 amide bonds. The molecule has 2 aliphatic rings. The van der Waals surface area contributed by atoms with E-state index in [1.54, 1.807) is 12.4 Å². The van der Waals surface area contributed by atoms with E-state index in [4.69, 9.17) is 9.47 Å². The normalized spacial score (nSPS) is 19.3. The molecule has 1 aromatic heterocycles. The van der Waals surface area contributed by atoms with Crippen LogP contribution >= 0.6 is 0 Å². The number of rotatable bonds is 15. The fourth-order valence-electron chi connectivity index (χ4n) is 6.82. The molecule has 274 valence electrons. The predicted octanol–water partition coefficient (Wildman–Crippen LogP) is 5.32. The van der Waals surface area contributed by atoms with Gasteiger partial charge < -0.3 is 30.1 Å². The zero-order valence-electron chi connectivity index (χ0n) is 30.0. The van der Waals surface area contributed by atoms with Crippen LogP contribution in [0.2, 0.25) is 0 Å². The Morgan fingerprint density at radius 2 is 1.56 bits per heavy atom. The number of hydrogen-bond donors (Lipinski definition) is 3. The SMILES string of the molecule is CC(=O)NCCCCCC(=O)NCc1ccccc1-c1ccc([C@@H]2O[C@H](CN3CCN(c4ncccn4)CC3)C[C@H](c3ccc(CO)cc3)O2)cc1. The molecule has 3 aromatic carbocycles. The van der Waals surface area contributed by atoms with Crippen LogP contribution in [0.4, 0.5) is 5.95 Å². The first-order chi connectivity index (χ1) is 25.4. The molecular formula is C41H50N6O5. The van der Waals surface area contributed by atoms with Gasteiger partial charge in [-0.2, -0.15) is 0 Å². The fourth-order valence-corrected chi connectivity index (χ4v) is 6.82. The number of ether oxygens (including phenoxy) is 2. The van der Waals surface area contributed by atoms with E-state index in [-0.39, 0.29) is 30.6 Å². The second-order valence-electron chi connectivity index (χ2n) is 13.5. The number of benzene rings is 3. The summed E-state index contributed by atoms with van der Waals surface area (Å²) in [7, 11) is 0. The van der Waals surface area contributed by atoms with Crippen LogP contribution in [0.15, 0.2) is 91.3 Å². The third-order valence-electron chi connectivity index (χ3n) is 9.73. The van der Waals surface area contributed by atoms with Gasteiger partial charge in [0.1, 0.15) is 0 Å². The molecule has 3 atom stereocenters. The molecule has 3 N–H and O–H groups in total. The maximum Gasteiger partial charge on any atom is 0.225 e. The minimum atomic E-state index is -0.540. The molecule has 11 heteroatoms. The van der Waals surface area contributed by atoms with E-state index in [9.17, 15) is 14.7 Å². The lowest BCUT2D eigenvalue weighted by molar-refractivity contribution is -0.253. The summed E-state index contributed by atoms with van der Waals surface area (Å²) in [5.74, 6) is 0.773. The number of unbranched alkanes of at least 4 members (excludes halogenated alkanes) is 2. The third kappa shape index (κ3) is 10.4. The Kier molecular flexibility index (Phi) is 13.3. The van der Waals surface area contributed by atoms with Crippen molar-refractivity contribution in [1.29, 1.82) is 0 Å². The molecule has 2 aliphatic heterocycles. The zero-order valence-corrected chi connectivity index (χ0v) is 30.0. The molecule has 6 rings (SSSR count). The number of aromatic nitrogens is 2. The van der Waals surface area contributed by atoms with Crippen LogP contribution in [0.25, 0.3) is 11.1 Å². The molecule has 11 nitrogen and oxygen atoms in total. The summed E-state index contributed by atoms with van der Waals surface area (Å²) >= 11 is 0. The predicted molar refractivity (Wildman–Crippen MR) is 200 cm³/mol. The summed E-state index contributed by atoms with van der Waals surface area (Å²) in [6.07, 6.45) is 6.57. The Balaban J connectivity index is 1.09. The van der Waals surface area contributed by atoms with Gasteiger partial charge in [0, 0.05) is 83.5 Å². The summed E-state index contributed by atoms with van der Waals surface area (Å²) < 4.78 is 13.3. The molecule has 0 aliphatic carbocycles. The van der Waals surface area contributed by atoms with Crippen molar-refractivity contribution in [3.63, 3.8) is 0 Å². The first-order valence-corrected chi connectivity index (χ1v) is 18.4. The van der Waals surface area contributed by atoms with E-state index in [0.717, 1.165) is 97.7 Å². The van der Waals surface area contributed by atoms with Gasteiger partial charge in [-0.15, -0.1) is 0 Å². The van der Waals surface area contributed by atoms with Gasteiger partial charge in [0.2, 0.25) is 17.8 Å². The fraction of sp³-hybridized carbons (Fsp3) is 0.415. The molecular weight excluding hydrogens is 656 g/mol. The van der Waals surface area contributed by atoms with E-state index in [1.165, 1.54) is 6.92 Å². The van der Waals surface area contributed by atoms with Crippen LogP contribution in [0.3, 0.4) is 0 Å². The lowest BCUT2D eigenvalue weighted by atomic mass is 9.97. The Bertz CT molecular complexity index is 1710. The van der Waals surface area contributed by atoms with Gasteiger partial charge >= 0.3 is 0 Å². The monoisotopic (exact) mass is 706 g/mol. The van der Waals surface area contributed by atoms with E-state index in [2.05, 4.69) is 60.7 Å². The minimum Gasteiger partial charge on any atom is -0.392 e. The standard InChI is InChI=1S/C41H50N6O5/c1-30(49)42-19-6-2-3-10-39(50)45-27-35-8-4-5-9-37(35)32-15-17-34(18-16-32)40-51-36(26-38(52-40)33-13-11-31(29-48)12-14-33)28-46-22-24-47(25-23-46)41-43-20-7-21-44-41/h4-5,7-9,11-18,20-21,36,38,40,48H,2-3,6,10,19,22-29H2,1H3,(H,42,49)(H,45,50)/t36-,38+,40+/m0/s1. The maximum absolute atomic E-state index is 12.6. The van der Waals surface area contributed by atoms with Crippen molar-refractivity contribution in [2.24, 2.45) is 0 Å². The lowest BCUT2D eigenvalue weighted by Crippen LogP contribution is -2.50. The summed E-state index contributed by atoms with van der Waals surface area (Å²) in [5, 5.41) is 15.5.